The van der Waals surface area contributed by atoms with Crippen LogP contribution in [0.4, 0.5) is 0 Å². The number of carboxylic acids is 2. The monoisotopic (exact) mass is 258 g/mol. The maximum Gasteiger partial charge on any atom is 0.326 e. The standard InChI is InChI=1S/C11H18N2O5/c12-7(10(15)16)4-5-9(14)13-6-2-1-3-8(13)11(17)18/h7-8H,1-6,12H2,(H,15,16)(H,17,18)/t7-,8?/m0/s1. The molecule has 4 N–H and O–H groups in total. The number of rotatable bonds is 5. The lowest BCUT2D eigenvalue weighted by Gasteiger charge is -2.33. The Kier molecular flexibility index (Phi) is 5.08. The summed E-state index contributed by atoms with van der Waals surface area (Å²) in [5, 5.41) is 17.6. The lowest BCUT2D eigenvalue weighted by atomic mass is 10.0. The van der Waals surface area contributed by atoms with Gasteiger partial charge >= 0.3 is 11.9 Å². The van der Waals surface area contributed by atoms with Gasteiger partial charge in [0.1, 0.15) is 12.1 Å². The van der Waals surface area contributed by atoms with E-state index in [0.717, 1.165) is 12.8 Å². The highest BCUT2D eigenvalue weighted by atomic mass is 16.4. The van der Waals surface area contributed by atoms with Gasteiger partial charge in [0, 0.05) is 13.0 Å². The third-order valence-electron chi connectivity index (χ3n) is 3.09. The molecule has 0 aromatic carbocycles. The first-order chi connectivity index (χ1) is 8.43. The second kappa shape index (κ2) is 6.34. The van der Waals surface area contributed by atoms with Gasteiger partial charge in [0.2, 0.25) is 5.91 Å². The highest BCUT2D eigenvalue weighted by molar-refractivity contribution is 5.84. The molecule has 1 saturated heterocycles. The summed E-state index contributed by atoms with van der Waals surface area (Å²) in [6.07, 6.45) is 2.01. The molecule has 7 nitrogen and oxygen atoms in total. The van der Waals surface area contributed by atoms with E-state index in [-0.39, 0.29) is 18.7 Å². The third kappa shape index (κ3) is 3.69. The average molecular weight is 258 g/mol. The van der Waals surface area contributed by atoms with Crippen LogP contribution in [0.15, 0.2) is 0 Å². The van der Waals surface area contributed by atoms with Gasteiger partial charge in [-0.15, -0.1) is 0 Å². The Hall–Kier alpha value is -1.63. The molecule has 0 aromatic heterocycles. The van der Waals surface area contributed by atoms with Crippen LogP contribution in [0.3, 0.4) is 0 Å². The summed E-state index contributed by atoms with van der Waals surface area (Å²) in [6, 6.07) is -1.87. The van der Waals surface area contributed by atoms with Crippen LogP contribution in [0.1, 0.15) is 32.1 Å². The Labute approximate surface area is 105 Å². The largest absolute Gasteiger partial charge is 0.480 e. The molecular weight excluding hydrogens is 240 g/mol. The van der Waals surface area contributed by atoms with Gasteiger partial charge in [-0.1, -0.05) is 0 Å². The van der Waals surface area contributed by atoms with E-state index in [9.17, 15) is 14.4 Å². The molecule has 1 heterocycles. The van der Waals surface area contributed by atoms with Crippen LogP contribution in [0.5, 0.6) is 0 Å². The van der Waals surface area contributed by atoms with Crippen molar-refractivity contribution in [2.24, 2.45) is 5.73 Å². The van der Waals surface area contributed by atoms with Gasteiger partial charge in [0.15, 0.2) is 0 Å². The predicted octanol–water partition coefficient (Wildman–Crippen LogP) is -0.356. The normalized spacial score (nSPS) is 21.4. The molecule has 0 bridgehead atoms. The van der Waals surface area contributed by atoms with Gasteiger partial charge in [-0.3, -0.25) is 9.59 Å². The van der Waals surface area contributed by atoms with Gasteiger partial charge < -0.3 is 20.8 Å². The summed E-state index contributed by atoms with van der Waals surface area (Å²) in [7, 11) is 0. The van der Waals surface area contributed by atoms with Crippen LogP contribution in [0, 0.1) is 0 Å². The Morgan fingerprint density at radius 3 is 2.50 bits per heavy atom. The molecule has 1 amide bonds. The highest BCUT2D eigenvalue weighted by Crippen LogP contribution is 2.18. The number of amides is 1. The van der Waals surface area contributed by atoms with Gasteiger partial charge in [0.25, 0.3) is 0 Å². The number of likely N-dealkylation sites (tertiary alicyclic amines) is 1. The summed E-state index contributed by atoms with van der Waals surface area (Å²) in [5.74, 6) is -2.50. The van der Waals surface area contributed by atoms with Crippen LogP contribution < -0.4 is 5.73 Å². The van der Waals surface area contributed by atoms with Crippen molar-refractivity contribution in [1.82, 2.24) is 4.90 Å². The van der Waals surface area contributed by atoms with E-state index in [0.29, 0.717) is 13.0 Å². The Morgan fingerprint density at radius 2 is 1.94 bits per heavy atom. The molecule has 0 radical (unpaired) electrons. The minimum absolute atomic E-state index is 0.0248. The van der Waals surface area contributed by atoms with E-state index < -0.39 is 24.0 Å². The molecule has 0 aliphatic carbocycles. The van der Waals surface area contributed by atoms with Crippen LogP contribution in [0.2, 0.25) is 0 Å². The van der Waals surface area contributed by atoms with E-state index in [1.807, 2.05) is 0 Å². The summed E-state index contributed by atoms with van der Waals surface area (Å²) < 4.78 is 0. The van der Waals surface area contributed by atoms with Crippen molar-refractivity contribution in [3.05, 3.63) is 0 Å². The van der Waals surface area contributed by atoms with Crippen LogP contribution >= 0.6 is 0 Å². The van der Waals surface area contributed by atoms with E-state index in [1.165, 1.54) is 4.90 Å². The highest BCUT2D eigenvalue weighted by Gasteiger charge is 2.31. The summed E-state index contributed by atoms with van der Waals surface area (Å²) in [4.78, 5) is 34.7. The Balaban J connectivity index is 2.53. The lowest BCUT2D eigenvalue weighted by Crippen LogP contribution is -2.48. The van der Waals surface area contributed by atoms with Crippen molar-refractivity contribution >= 4 is 17.8 Å². The molecule has 7 heteroatoms. The number of carboxylic acid groups (broad SMARTS) is 2. The van der Waals surface area contributed by atoms with Crippen LogP contribution in [-0.2, 0) is 14.4 Å². The van der Waals surface area contributed by atoms with E-state index in [4.69, 9.17) is 15.9 Å². The van der Waals surface area contributed by atoms with E-state index in [1.54, 1.807) is 0 Å². The molecule has 1 aliphatic heterocycles. The number of hydrogen-bond donors (Lipinski definition) is 3. The molecule has 18 heavy (non-hydrogen) atoms. The fourth-order valence-electron chi connectivity index (χ4n) is 2.03. The first-order valence-electron chi connectivity index (χ1n) is 5.94. The van der Waals surface area contributed by atoms with E-state index >= 15 is 0 Å². The van der Waals surface area contributed by atoms with Crippen molar-refractivity contribution in [1.29, 1.82) is 0 Å². The molecule has 1 aliphatic rings. The SMILES string of the molecule is N[C@@H](CCC(=O)N1CCCCC1C(=O)O)C(=O)O. The van der Waals surface area contributed by atoms with Crippen molar-refractivity contribution < 1.29 is 24.6 Å². The number of piperidine rings is 1. The minimum atomic E-state index is -1.16. The fourth-order valence-corrected chi connectivity index (χ4v) is 2.03. The maximum absolute atomic E-state index is 11.9. The van der Waals surface area contributed by atoms with Gasteiger partial charge in [-0.05, 0) is 25.7 Å². The van der Waals surface area contributed by atoms with Gasteiger partial charge in [-0.25, -0.2) is 4.79 Å². The molecule has 102 valence electrons. The van der Waals surface area contributed by atoms with Gasteiger partial charge in [-0.2, -0.15) is 0 Å². The van der Waals surface area contributed by atoms with Crippen molar-refractivity contribution in [3.63, 3.8) is 0 Å². The predicted molar refractivity (Wildman–Crippen MR) is 61.8 cm³/mol. The number of carbonyl (C=O) groups excluding carboxylic acids is 1. The Bertz CT molecular complexity index is 344. The topological polar surface area (TPSA) is 121 Å². The second-order valence-electron chi connectivity index (χ2n) is 4.42. The zero-order valence-electron chi connectivity index (χ0n) is 10.0. The van der Waals surface area contributed by atoms with Crippen molar-refractivity contribution in [2.45, 2.75) is 44.2 Å². The number of nitrogens with two attached hydrogens (primary N) is 1. The number of hydrogen-bond acceptors (Lipinski definition) is 4. The number of carbonyl (C=O) groups is 3. The zero-order valence-corrected chi connectivity index (χ0v) is 10.0. The zero-order chi connectivity index (χ0) is 13.7. The summed E-state index contributed by atoms with van der Waals surface area (Å²) in [5.41, 5.74) is 5.30. The van der Waals surface area contributed by atoms with Crippen molar-refractivity contribution in [2.75, 3.05) is 6.54 Å². The fraction of sp³-hybridized carbons (Fsp3) is 0.727. The van der Waals surface area contributed by atoms with Crippen molar-refractivity contribution in [3.8, 4) is 0 Å². The molecular formula is C11H18N2O5. The van der Waals surface area contributed by atoms with Crippen LogP contribution in [-0.4, -0.2) is 51.6 Å². The smallest absolute Gasteiger partial charge is 0.326 e. The maximum atomic E-state index is 11.9. The lowest BCUT2D eigenvalue weighted by molar-refractivity contribution is -0.152. The van der Waals surface area contributed by atoms with Gasteiger partial charge in [0.05, 0.1) is 0 Å². The molecule has 2 atom stereocenters. The second-order valence-corrected chi connectivity index (χ2v) is 4.42. The Morgan fingerprint density at radius 1 is 1.28 bits per heavy atom. The molecule has 1 fully saturated rings. The average Bonchev–Trinajstić information content (AvgIpc) is 2.35. The molecule has 0 saturated carbocycles. The van der Waals surface area contributed by atoms with Crippen LogP contribution in [0.25, 0.3) is 0 Å². The first kappa shape index (κ1) is 14.4. The molecule has 0 aromatic rings. The third-order valence-corrected chi connectivity index (χ3v) is 3.09. The summed E-state index contributed by atoms with van der Waals surface area (Å²) in [6.45, 7) is 0.415. The summed E-state index contributed by atoms with van der Waals surface area (Å²) >= 11 is 0. The first-order valence-corrected chi connectivity index (χ1v) is 5.94. The molecule has 1 unspecified atom stereocenters. The number of aliphatic carboxylic acids is 2. The quantitative estimate of drug-likeness (QED) is 0.619. The molecule has 1 rings (SSSR count). The minimum Gasteiger partial charge on any atom is -0.480 e. The number of nitrogens with zero attached hydrogens (tertiary/aromatic N) is 1. The molecule has 0 spiro atoms. The van der Waals surface area contributed by atoms with E-state index in [2.05, 4.69) is 0 Å².